The van der Waals surface area contributed by atoms with Crippen molar-refractivity contribution in [2.45, 2.75) is 20.0 Å². The standard InChI is InChI=1S/C16H16Br2O2/c1-9-4-5-11(14(18)6-9)16(19)12-8-13(17)10(2)7-15(12)20-3/h4-8,16,19H,1-3H3. The number of benzene rings is 2. The highest BCUT2D eigenvalue weighted by molar-refractivity contribution is 9.10. The number of halogens is 2. The highest BCUT2D eigenvalue weighted by Gasteiger charge is 2.19. The molecular formula is C16H16Br2O2. The highest BCUT2D eigenvalue weighted by atomic mass is 79.9. The van der Waals surface area contributed by atoms with Crippen LogP contribution in [0.15, 0.2) is 39.3 Å². The Bertz CT molecular complexity index is 639. The molecule has 1 N–H and O–H groups in total. The third-order valence-corrected chi connectivity index (χ3v) is 4.80. The lowest BCUT2D eigenvalue weighted by Gasteiger charge is -2.18. The van der Waals surface area contributed by atoms with Gasteiger partial charge in [0.25, 0.3) is 0 Å². The number of methoxy groups -OCH3 is 1. The van der Waals surface area contributed by atoms with Gasteiger partial charge in [0.1, 0.15) is 11.9 Å². The fourth-order valence-corrected chi connectivity index (χ4v) is 3.15. The van der Waals surface area contributed by atoms with E-state index in [0.717, 1.165) is 31.2 Å². The van der Waals surface area contributed by atoms with Crippen LogP contribution in [0.2, 0.25) is 0 Å². The number of ether oxygens (including phenoxy) is 1. The maximum atomic E-state index is 10.7. The molecule has 2 aromatic carbocycles. The van der Waals surface area contributed by atoms with Gasteiger partial charge in [-0.25, -0.2) is 0 Å². The van der Waals surface area contributed by atoms with Crippen molar-refractivity contribution >= 4 is 31.9 Å². The van der Waals surface area contributed by atoms with Gasteiger partial charge in [0.05, 0.1) is 7.11 Å². The lowest BCUT2D eigenvalue weighted by atomic mass is 9.98. The minimum Gasteiger partial charge on any atom is -0.496 e. The Labute approximate surface area is 136 Å². The van der Waals surface area contributed by atoms with Crippen LogP contribution in [-0.4, -0.2) is 12.2 Å². The normalized spacial score (nSPS) is 12.3. The van der Waals surface area contributed by atoms with E-state index in [1.807, 2.05) is 44.2 Å². The topological polar surface area (TPSA) is 29.5 Å². The molecular weight excluding hydrogens is 384 g/mol. The number of aliphatic hydroxyl groups excluding tert-OH is 1. The number of aliphatic hydroxyl groups is 1. The van der Waals surface area contributed by atoms with Crippen molar-refractivity contribution < 1.29 is 9.84 Å². The van der Waals surface area contributed by atoms with E-state index in [9.17, 15) is 5.11 Å². The summed E-state index contributed by atoms with van der Waals surface area (Å²) in [6.07, 6.45) is -0.739. The molecule has 0 saturated carbocycles. The minimum atomic E-state index is -0.739. The lowest BCUT2D eigenvalue weighted by Crippen LogP contribution is -2.04. The van der Waals surface area contributed by atoms with Gasteiger partial charge in [-0.05, 0) is 48.7 Å². The largest absolute Gasteiger partial charge is 0.496 e. The first-order valence-electron chi connectivity index (χ1n) is 6.22. The molecule has 0 spiro atoms. The molecule has 106 valence electrons. The van der Waals surface area contributed by atoms with E-state index in [0.29, 0.717) is 5.75 Å². The monoisotopic (exact) mass is 398 g/mol. The van der Waals surface area contributed by atoms with E-state index in [1.54, 1.807) is 7.11 Å². The number of aryl methyl sites for hydroxylation is 2. The van der Waals surface area contributed by atoms with E-state index in [2.05, 4.69) is 31.9 Å². The zero-order chi connectivity index (χ0) is 14.9. The SMILES string of the molecule is COc1cc(C)c(Br)cc1C(O)c1ccc(C)cc1Br. The van der Waals surface area contributed by atoms with Crippen molar-refractivity contribution in [3.63, 3.8) is 0 Å². The molecule has 1 unspecified atom stereocenters. The summed E-state index contributed by atoms with van der Waals surface area (Å²) in [5.41, 5.74) is 3.78. The maximum absolute atomic E-state index is 10.7. The molecule has 0 amide bonds. The summed E-state index contributed by atoms with van der Waals surface area (Å²) < 4.78 is 7.24. The predicted octanol–water partition coefficient (Wildman–Crippen LogP) is 4.92. The maximum Gasteiger partial charge on any atom is 0.125 e. The van der Waals surface area contributed by atoms with Crippen LogP contribution in [-0.2, 0) is 0 Å². The lowest BCUT2D eigenvalue weighted by molar-refractivity contribution is 0.214. The molecule has 1 atom stereocenters. The van der Waals surface area contributed by atoms with Crippen LogP contribution in [0, 0.1) is 13.8 Å². The van der Waals surface area contributed by atoms with Crippen molar-refractivity contribution in [3.05, 3.63) is 61.5 Å². The van der Waals surface area contributed by atoms with Crippen molar-refractivity contribution in [2.75, 3.05) is 7.11 Å². The second kappa shape index (κ2) is 6.29. The molecule has 0 aromatic heterocycles. The van der Waals surface area contributed by atoms with E-state index in [-0.39, 0.29) is 0 Å². The van der Waals surface area contributed by atoms with E-state index < -0.39 is 6.10 Å². The Morgan fingerprint density at radius 1 is 1.00 bits per heavy atom. The summed E-state index contributed by atoms with van der Waals surface area (Å²) in [7, 11) is 1.61. The van der Waals surface area contributed by atoms with E-state index in [4.69, 9.17) is 4.74 Å². The van der Waals surface area contributed by atoms with Crippen LogP contribution in [0.5, 0.6) is 5.75 Å². The van der Waals surface area contributed by atoms with Gasteiger partial charge in [0, 0.05) is 14.5 Å². The molecule has 0 aliphatic heterocycles. The van der Waals surface area contributed by atoms with Gasteiger partial charge in [0.2, 0.25) is 0 Å². The number of hydrogen-bond donors (Lipinski definition) is 1. The Balaban J connectivity index is 2.52. The van der Waals surface area contributed by atoms with Gasteiger partial charge < -0.3 is 9.84 Å². The first-order valence-corrected chi connectivity index (χ1v) is 7.80. The molecule has 0 saturated heterocycles. The highest BCUT2D eigenvalue weighted by Crippen LogP contribution is 2.36. The molecule has 0 radical (unpaired) electrons. The molecule has 0 heterocycles. The van der Waals surface area contributed by atoms with Crippen LogP contribution in [0.1, 0.15) is 28.4 Å². The van der Waals surface area contributed by atoms with E-state index >= 15 is 0 Å². The van der Waals surface area contributed by atoms with Gasteiger partial charge in [-0.2, -0.15) is 0 Å². The van der Waals surface area contributed by atoms with Crippen LogP contribution < -0.4 is 4.74 Å². The second-order valence-corrected chi connectivity index (χ2v) is 6.48. The third kappa shape index (κ3) is 3.08. The Kier molecular flexibility index (Phi) is 4.89. The second-order valence-electron chi connectivity index (χ2n) is 4.77. The molecule has 0 fully saturated rings. The quantitative estimate of drug-likeness (QED) is 0.793. The summed E-state index contributed by atoms with van der Waals surface area (Å²) in [4.78, 5) is 0. The summed E-state index contributed by atoms with van der Waals surface area (Å²) in [5.74, 6) is 0.686. The number of rotatable bonds is 3. The number of hydrogen-bond acceptors (Lipinski definition) is 2. The Morgan fingerprint density at radius 2 is 1.70 bits per heavy atom. The van der Waals surface area contributed by atoms with Gasteiger partial charge in [-0.15, -0.1) is 0 Å². The predicted molar refractivity (Wildman–Crippen MR) is 88.4 cm³/mol. The zero-order valence-electron chi connectivity index (χ0n) is 11.6. The molecule has 0 aliphatic carbocycles. The Morgan fingerprint density at radius 3 is 2.30 bits per heavy atom. The molecule has 4 heteroatoms. The van der Waals surface area contributed by atoms with Crippen LogP contribution in [0.25, 0.3) is 0 Å². The summed E-state index contributed by atoms with van der Waals surface area (Å²) in [5, 5.41) is 10.7. The van der Waals surface area contributed by atoms with Crippen LogP contribution >= 0.6 is 31.9 Å². The average Bonchev–Trinajstić information content (AvgIpc) is 2.40. The first-order chi connectivity index (χ1) is 9.43. The van der Waals surface area contributed by atoms with Crippen molar-refractivity contribution in [2.24, 2.45) is 0 Å². The summed E-state index contributed by atoms with van der Waals surface area (Å²) in [6, 6.07) is 9.74. The van der Waals surface area contributed by atoms with Gasteiger partial charge in [-0.3, -0.25) is 0 Å². The molecule has 2 rings (SSSR count). The molecule has 0 aliphatic rings. The van der Waals surface area contributed by atoms with Gasteiger partial charge in [-0.1, -0.05) is 44.0 Å². The van der Waals surface area contributed by atoms with Crippen LogP contribution in [0.3, 0.4) is 0 Å². The van der Waals surface area contributed by atoms with Crippen molar-refractivity contribution in [3.8, 4) is 5.75 Å². The van der Waals surface area contributed by atoms with Crippen molar-refractivity contribution in [1.82, 2.24) is 0 Å². The molecule has 20 heavy (non-hydrogen) atoms. The summed E-state index contributed by atoms with van der Waals surface area (Å²) in [6.45, 7) is 4.01. The average molecular weight is 400 g/mol. The van der Waals surface area contributed by atoms with Gasteiger partial charge >= 0.3 is 0 Å². The van der Waals surface area contributed by atoms with E-state index in [1.165, 1.54) is 0 Å². The smallest absolute Gasteiger partial charge is 0.125 e. The molecule has 0 bridgehead atoms. The fourth-order valence-electron chi connectivity index (χ4n) is 2.08. The van der Waals surface area contributed by atoms with Crippen LogP contribution in [0.4, 0.5) is 0 Å². The third-order valence-electron chi connectivity index (χ3n) is 3.26. The zero-order valence-corrected chi connectivity index (χ0v) is 14.7. The summed E-state index contributed by atoms with van der Waals surface area (Å²) >= 11 is 7.01. The fraction of sp³-hybridized carbons (Fsp3) is 0.250. The first kappa shape index (κ1) is 15.5. The molecule has 2 aromatic rings. The van der Waals surface area contributed by atoms with Gasteiger partial charge in [0.15, 0.2) is 0 Å². The molecule has 2 nitrogen and oxygen atoms in total. The Hall–Kier alpha value is -0.840. The van der Waals surface area contributed by atoms with Crippen molar-refractivity contribution in [1.29, 1.82) is 0 Å². The minimum absolute atomic E-state index is 0.686.